The van der Waals surface area contributed by atoms with Crippen molar-refractivity contribution in [2.75, 3.05) is 32.1 Å². The molecule has 1 aliphatic rings. The molecule has 0 aliphatic carbocycles. The van der Waals surface area contributed by atoms with Crippen LogP contribution in [0.4, 0.5) is 5.69 Å². The monoisotopic (exact) mass is 208 g/mol. The number of nitrogens with zero attached hydrogens (tertiary/aromatic N) is 4. The van der Waals surface area contributed by atoms with Gasteiger partial charge in [-0.05, 0) is 26.9 Å². The molecule has 1 aromatic heterocycles. The average Bonchev–Trinajstić information content (AvgIpc) is 2.65. The molecule has 4 nitrogen and oxygen atoms in total. The van der Waals surface area contributed by atoms with Gasteiger partial charge in [0.2, 0.25) is 0 Å². The van der Waals surface area contributed by atoms with E-state index >= 15 is 0 Å². The van der Waals surface area contributed by atoms with E-state index in [1.807, 2.05) is 17.9 Å². The Morgan fingerprint density at radius 2 is 2.00 bits per heavy atom. The fourth-order valence-electron chi connectivity index (χ4n) is 2.21. The molecule has 0 amide bonds. The molecule has 0 unspecified atom stereocenters. The van der Waals surface area contributed by atoms with E-state index in [9.17, 15) is 0 Å². The molecule has 1 fully saturated rings. The third-order valence-electron chi connectivity index (χ3n) is 3.25. The van der Waals surface area contributed by atoms with Gasteiger partial charge in [0.1, 0.15) is 0 Å². The van der Waals surface area contributed by atoms with E-state index in [-0.39, 0.29) is 0 Å². The summed E-state index contributed by atoms with van der Waals surface area (Å²) in [6.07, 6.45) is 6.55. The second-order valence-electron chi connectivity index (χ2n) is 4.55. The van der Waals surface area contributed by atoms with Gasteiger partial charge in [-0.15, -0.1) is 0 Å². The summed E-state index contributed by atoms with van der Waals surface area (Å²) >= 11 is 0. The minimum Gasteiger partial charge on any atom is -0.369 e. The third kappa shape index (κ3) is 2.31. The van der Waals surface area contributed by atoms with Crippen LogP contribution in [0.25, 0.3) is 0 Å². The van der Waals surface area contributed by atoms with Crippen LogP contribution in [0.15, 0.2) is 12.4 Å². The Kier molecular flexibility index (Phi) is 2.95. The third-order valence-corrected chi connectivity index (χ3v) is 3.25. The lowest BCUT2D eigenvalue weighted by atomic mass is 10.0. The van der Waals surface area contributed by atoms with Crippen molar-refractivity contribution in [1.82, 2.24) is 14.7 Å². The minimum atomic E-state index is 0.748. The lowest BCUT2D eigenvalue weighted by Crippen LogP contribution is -2.41. The summed E-state index contributed by atoms with van der Waals surface area (Å²) in [6, 6.07) is 0.748. The van der Waals surface area contributed by atoms with Gasteiger partial charge in [0.15, 0.2) is 0 Å². The zero-order valence-electron chi connectivity index (χ0n) is 9.85. The Labute approximate surface area is 91.5 Å². The molecule has 4 heteroatoms. The molecule has 1 saturated heterocycles. The van der Waals surface area contributed by atoms with Crippen LogP contribution in [0.5, 0.6) is 0 Å². The largest absolute Gasteiger partial charge is 0.369 e. The molecule has 0 atom stereocenters. The fourth-order valence-corrected chi connectivity index (χ4v) is 2.21. The van der Waals surface area contributed by atoms with Crippen LogP contribution < -0.4 is 4.90 Å². The fraction of sp³-hybridized carbons (Fsp3) is 0.727. The highest BCUT2D eigenvalue weighted by atomic mass is 15.3. The van der Waals surface area contributed by atoms with Gasteiger partial charge in [-0.2, -0.15) is 5.10 Å². The van der Waals surface area contributed by atoms with Gasteiger partial charge in [-0.25, -0.2) is 0 Å². The van der Waals surface area contributed by atoms with E-state index in [0.717, 1.165) is 19.1 Å². The van der Waals surface area contributed by atoms with Gasteiger partial charge < -0.3 is 9.80 Å². The van der Waals surface area contributed by atoms with Gasteiger partial charge in [-0.1, -0.05) is 0 Å². The second kappa shape index (κ2) is 4.23. The van der Waals surface area contributed by atoms with Gasteiger partial charge in [0.25, 0.3) is 0 Å². The van der Waals surface area contributed by atoms with Crippen LogP contribution in [-0.4, -0.2) is 47.9 Å². The van der Waals surface area contributed by atoms with Crippen LogP contribution in [0.3, 0.4) is 0 Å². The summed E-state index contributed by atoms with van der Waals surface area (Å²) in [7, 11) is 6.31. The molecule has 0 bridgehead atoms. The molecule has 1 aliphatic heterocycles. The second-order valence-corrected chi connectivity index (χ2v) is 4.55. The molecule has 0 N–H and O–H groups in total. The highest BCUT2D eigenvalue weighted by Gasteiger charge is 2.21. The molecular formula is C11H20N4. The number of piperidine rings is 1. The number of aryl methyl sites for hydroxylation is 1. The molecule has 84 valence electrons. The van der Waals surface area contributed by atoms with E-state index in [0.29, 0.717) is 0 Å². The standard InChI is InChI=1S/C11H20N4/c1-13(2)10-4-6-15(7-5-10)11-8-12-14(3)9-11/h8-10H,4-7H2,1-3H3. The average molecular weight is 208 g/mol. The summed E-state index contributed by atoms with van der Waals surface area (Å²) in [6.45, 7) is 2.29. The predicted molar refractivity (Wildman–Crippen MR) is 62.1 cm³/mol. The van der Waals surface area contributed by atoms with E-state index < -0.39 is 0 Å². The van der Waals surface area contributed by atoms with Crippen LogP contribution in [0.1, 0.15) is 12.8 Å². The molecule has 15 heavy (non-hydrogen) atoms. The van der Waals surface area contributed by atoms with E-state index in [4.69, 9.17) is 0 Å². The molecule has 2 rings (SSSR count). The zero-order valence-corrected chi connectivity index (χ0v) is 9.85. The first-order valence-electron chi connectivity index (χ1n) is 5.57. The van der Waals surface area contributed by atoms with E-state index in [1.54, 1.807) is 0 Å². The van der Waals surface area contributed by atoms with Crippen molar-refractivity contribution in [2.24, 2.45) is 7.05 Å². The number of hydrogen-bond acceptors (Lipinski definition) is 3. The lowest BCUT2D eigenvalue weighted by Gasteiger charge is -2.35. The summed E-state index contributed by atoms with van der Waals surface area (Å²) in [5.74, 6) is 0. The number of anilines is 1. The van der Waals surface area contributed by atoms with Crippen LogP contribution in [0, 0.1) is 0 Å². The van der Waals surface area contributed by atoms with Crippen molar-refractivity contribution in [1.29, 1.82) is 0 Å². The Morgan fingerprint density at radius 1 is 1.33 bits per heavy atom. The molecule has 0 radical (unpaired) electrons. The normalized spacial score (nSPS) is 18.8. The topological polar surface area (TPSA) is 24.3 Å². The zero-order chi connectivity index (χ0) is 10.8. The molecule has 0 saturated carbocycles. The predicted octanol–water partition coefficient (Wildman–Crippen LogP) is 0.950. The van der Waals surface area contributed by atoms with Crippen molar-refractivity contribution in [3.05, 3.63) is 12.4 Å². The highest BCUT2D eigenvalue weighted by Crippen LogP contribution is 2.20. The van der Waals surface area contributed by atoms with E-state index in [1.165, 1.54) is 18.5 Å². The van der Waals surface area contributed by atoms with Crippen LogP contribution in [0.2, 0.25) is 0 Å². The maximum atomic E-state index is 4.21. The Hall–Kier alpha value is -1.03. The Bertz CT molecular complexity index is 310. The Morgan fingerprint density at radius 3 is 2.47 bits per heavy atom. The highest BCUT2D eigenvalue weighted by molar-refractivity contribution is 5.42. The SMILES string of the molecule is CN(C)C1CCN(c2cnn(C)c2)CC1. The first-order chi connectivity index (χ1) is 7.16. The maximum absolute atomic E-state index is 4.21. The quantitative estimate of drug-likeness (QED) is 0.723. The van der Waals surface area contributed by atoms with Crippen LogP contribution >= 0.6 is 0 Å². The van der Waals surface area contributed by atoms with Gasteiger partial charge in [-0.3, -0.25) is 4.68 Å². The molecular weight excluding hydrogens is 188 g/mol. The summed E-state index contributed by atoms with van der Waals surface area (Å²) in [4.78, 5) is 4.76. The van der Waals surface area contributed by atoms with E-state index in [2.05, 4.69) is 35.2 Å². The smallest absolute Gasteiger partial charge is 0.0752 e. The van der Waals surface area contributed by atoms with Crippen molar-refractivity contribution >= 4 is 5.69 Å². The van der Waals surface area contributed by atoms with Crippen molar-refractivity contribution in [3.63, 3.8) is 0 Å². The van der Waals surface area contributed by atoms with Crippen molar-refractivity contribution < 1.29 is 0 Å². The first kappa shape index (κ1) is 10.5. The molecule has 2 heterocycles. The molecule has 1 aromatic rings. The molecule has 0 aromatic carbocycles. The number of rotatable bonds is 2. The first-order valence-corrected chi connectivity index (χ1v) is 5.57. The van der Waals surface area contributed by atoms with Gasteiger partial charge >= 0.3 is 0 Å². The van der Waals surface area contributed by atoms with Gasteiger partial charge in [0.05, 0.1) is 11.9 Å². The Balaban J connectivity index is 1.93. The van der Waals surface area contributed by atoms with Crippen molar-refractivity contribution in [3.8, 4) is 0 Å². The molecule has 0 spiro atoms. The van der Waals surface area contributed by atoms with Crippen molar-refractivity contribution in [2.45, 2.75) is 18.9 Å². The summed E-state index contributed by atoms with van der Waals surface area (Å²) < 4.78 is 1.87. The summed E-state index contributed by atoms with van der Waals surface area (Å²) in [5, 5.41) is 4.21. The number of hydrogen-bond donors (Lipinski definition) is 0. The lowest BCUT2D eigenvalue weighted by molar-refractivity contribution is 0.249. The number of aromatic nitrogens is 2. The van der Waals surface area contributed by atoms with Gasteiger partial charge in [0, 0.05) is 32.4 Å². The minimum absolute atomic E-state index is 0.748. The summed E-state index contributed by atoms with van der Waals surface area (Å²) in [5.41, 5.74) is 1.26. The maximum Gasteiger partial charge on any atom is 0.0752 e. The van der Waals surface area contributed by atoms with Crippen LogP contribution in [-0.2, 0) is 7.05 Å².